The highest BCUT2D eigenvalue weighted by Crippen LogP contribution is 2.37. The molecule has 2 aromatic rings. The molecule has 0 saturated carbocycles. The lowest BCUT2D eigenvalue weighted by atomic mass is 10.0. The zero-order chi connectivity index (χ0) is 21.7. The van der Waals surface area contributed by atoms with Crippen LogP contribution in [0.2, 0.25) is 0 Å². The van der Waals surface area contributed by atoms with Crippen molar-refractivity contribution in [3.8, 4) is 28.4 Å². The standard InChI is InChI=1S/C22H22F3NO4/c1-3-21(27)26-10-8-16(9-11-26)29-17-12-15(13-18(14-17)30-22(23,24)25)19-6-4-5-7-20(19)28-2/h3-7,12-14,16H,1,8-11H2,2H3. The van der Waals surface area contributed by atoms with Gasteiger partial charge in [0.25, 0.3) is 0 Å². The Balaban J connectivity index is 1.86. The number of piperidine rings is 1. The zero-order valence-corrected chi connectivity index (χ0v) is 16.4. The van der Waals surface area contributed by atoms with Crippen LogP contribution in [0, 0.1) is 0 Å². The van der Waals surface area contributed by atoms with Gasteiger partial charge in [-0.2, -0.15) is 0 Å². The number of amides is 1. The maximum Gasteiger partial charge on any atom is 0.573 e. The summed E-state index contributed by atoms with van der Waals surface area (Å²) in [5, 5.41) is 0. The summed E-state index contributed by atoms with van der Waals surface area (Å²) in [6, 6.07) is 11.2. The first-order valence-corrected chi connectivity index (χ1v) is 9.41. The lowest BCUT2D eigenvalue weighted by Gasteiger charge is -2.31. The number of carbonyl (C=O) groups is 1. The number of nitrogens with zero attached hydrogens (tertiary/aromatic N) is 1. The number of halogens is 3. The average Bonchev–Trinajstić information content (AvgIpc) is 2.72. The van der Waals surface area contributed by atoms with E-state index in [1.165, 1.54) is 25.3 Å². The van der Waals surface area contributed by atoms with E-state index >= 15 is 0 Å². The molecule has 1 aliphatic rings. The number of hydrogen-bond donors (Lipinski definition) is 0. The Morgan fingerprint density at radius 1 is 1.13 bits per heavy atom. The van der Waals surface area contributed by atoms with Gasteiger partial charge in [0.2, 0.25) is 5.91 Å². The van der Waals surface area contributed by atoms with Gasteiger partial charge in [0.1, 0.15) is 23.4 Å². The van der Waals surface area contributed by atoms with Gasteiger partial charge in [-0.25, -0.2) is 0 Å². The third-order valence-corrected chi connectivity index (χ3v) is 4.76. The van der Waals surface area contributed by atoms with Crippen molar-refractivity contribution in [1.29, 1.82) is 0 Å². The number of para-hydroxylation sites is 1. The summed E-state index contributed by atoms with van der Waals surface area (Å²) in [6.45, 7) is 4.46. The van der Waals surface area contributed by atoms with Gasteiger partial charge in [-0.3, -0.25) is 4.79 Å². The second-order valence-corrected chi connectivity index (χ2v) is 6.79. The number of carbonyl (C=O) groups excluding carboxylic acids is 1. The number of hydrogen-bond acceptors (Lipinski definition) is 4. The van der Waals surface area contributed by atoms with E-state index in [0.717, 1.165) is 0 Å². The summed E-state index contributed by atoms with van der Waals surface area (Å²) < 4.78 is 53.9. The molecule has 0 spiro atoms. The van der Waals surface area contributed by atoms with Gasteiger partial charge in [-0.15, -0.1) is 13.2 Å². The number of likely N-dealkylation sites (tertiary alicyclic amines) is 1. The predicted octanol–water partition coefficient (Wildman–Crippen LogP) is 4.82. The molecule has 5 nitrogen and oxygen atoms in total. The summed E-state index contributed by atoms with van der Waals surface area (Å²) in [6.07, 6.45) is -2.67. The van der Waals surface area contributed by atoms with Crippen molar-refractivity contribution in [2.75, 3.05) is 20.2 Å². The fourth-order valence-corrected chi connectivity index (χ4v) is 3.39. The lowest BCUT2D eigenvalue weighted by Crippen LogP contribution is -2.41. The molecule has 160 valence electrons. The molecule has 1 saturated heterocycles. The highest BCUT2D eigenvalue weighted by Gasteiger charge is 2.32. The quantitative estimate of drug-likeness (QED) is 0.628. The Hall–Kier alpha value is -3.16. The third-order valence-electron chi connectivity index (χ3n) is 4.76. The molecule has 1 aliphatic heterocycles. The third kappa shape index (κ3) is 5.46. The summed E-state index contributed by atoms with van der Waals surface area (Å²) in [7, 11) is 1.49. The molecule has 8 heteroatoms. The fraction of sp³-hybridized carbons (Fsp3) is 0.318. The first-order valence-electron chi connectivity index (χ1n) is 9.41. The van der Waals surface area contributed by atoms with E-state index in [2.05, 4.69) is 11.3 Å². The van der Waals surface area contributed by atoms with Gasteiger partial charge in [0.05, 0.1) is 7.11 Å². The minimum Gasteiger partial charge on any atom is -0.496 e. The molecule has 0 radical (unpaired) electrons. The van der Waals surface area contributed by atoms with Crippen molar-refractivity contribution < 1.29 is 32.2 Å². The van der Waals surface area contributed by atoms with Crippen molar-refractivity contribution >= 4 is 5.91 Å². The van der Waals surface area contributed by atoms with Crippen LogP contribution in [0.4, 0.5) is 13.2 Å². The Kier molecular flexibility index (Phi) is 6.54. The summed E-state index contributed by atoms with van der Waals surface area (Å²) in [4.78, 5) is 13.4. The number of benzene rings is 2. The van der Waals surface area contributed by atoms with E-state index in [-0.39, 0.29) is 23.5 Å². The van der Waals surface area contributed by atoms with Gasteiger partial charge in [0, 0.05) is 37.6 Å². The number of rotatable bonds is 6. The van der Waals surface area contributed by atoms with Crippen molar-refractivity contribution in [1.82, 2.24) is 4.90 Å². The molecule has 0 bridgehead atoms. The van der Waals surface area contributed by atoms with Crippen LogP contribution in [0.5, 0.6) is 17.2 Å². The Morgan fingerprint density at radius 2 is 1.80 bits per heavy atom. The van der Waals surface area contributed by atoms with Crippen LogP contribution in [0.25, 0.3) is 11.1 Å². The normalized spacial score (nSPS) is 14.9. The molecule has 2 aromatic carbocycles. The lowest BCUT2D eigenvalue weighted by molar-refractivity contribution is -0.274. The summed E-state index contributed by atoms with van der Waals surface area (Å²) >= 11 is 0. The van der Waals surface area contributed by atoms with Crippen LogP contribution in [0.15, 0.2) is 55.1 Å². The molecule has 0 aliphatic carbocycles. The van der Waals surface area contributed by atoms with Crippen LogP contribution in [0.1, 0.15) is 12.8 Å². The SMILES string of the molecule is C=CC(=O)N1CCC(Oc2cc(OC(F)(F)F)cc(-c3ccccc3OC)c2)CC1. The van der Waals surface area contributed by atoms with Gasteiger partial charge < -0.3 is 19.1 Å². The van der Waals surface area contributed by atoms with Gasteiger partial charge in [-0.1, -0.05) is 24.8 Å². The van der Waals surface area contributed by atoms with Crippen LogP contribution >= 0.6 is 0 Å². The molecule has 30 heavy (non-hydrogen) atoms. The summed E-state index contributed by atoms with van der Waals surface area (Å²) in [5.41, 5.74) is 1.09. The Labute approximate surface area is 172 Å². The molecule has 1 fully saturated rings. The first-order chi connectivity index (χ1) is 14.3. The second kappa shape index (κ2) is 9.11. The Morgan fingerprint density at radius 3 is 2.43 bits per heavy atom. The molecule has 0 unspecified atom stereocenters. The zero-order valence-electron chi connectivity index (χ0n) is 16.4. The van der Waals surface area contributed by atoms with Crippen molar-refractivity contribution in [2.45, 2.75) is 25.3 Å². The van der Waals surface area contributed by atoms with E-state index in [0.29, 0.717) is 42.8 Å². The van der Waals surface area contributed by atoms with Crippen molar-refractivity contribution in [2.24, 2.45) is 0 Å². The van der Waals surface area contributed by atoms with Crippen LogP contribution in [0.3, 0.4) is 0 Å². The fourth-order valence-electron chi connectivity index (χ4n) is 3.39. The van der Waals surface area contributed by atoms with Gasteiger partial charge in [-0.05, 0) is 29.8 Å². The topological polar surface area (TPSA) is 48.0 Å². The maximum absolute atomic E-state index is 12.8. The molecule has 0 N–H and O–H groups in total. The molecular formula is C22H22F3NO4. The largest absolute Gasteiger partial charge is 0.573 e. The van der Waals surface area contributed by atoms with E-state index in [4.69, 9.17) is 9.47 Å². The molecule has 1 heterocycles. The van der Waals surface area contributed by atoms with E-state index in [1.807, 2.05) is 0 Å². The smallest absolute Gasteiger partial charge is 0.496 e. The van der Waals surface area contributed by atoms with Crippen LogP contribution < -0.4 is 14.2 Å². The number of alkyl halides is 3. The van der Waals surface area contributed by atoms with Crippen molar-refractivity contribution in [3.63, 3.8) is 0 Å². The molecule has 0 atom stereocenters. The van der Waals surface area contributed by atoms with E-state index in [1.54, 1.807) is 35.2 Å². The van der Waals surface area contributed by atoms with Crippen molar-refractivity contribution in [3.05, 3.63) is 55.1 Å². The Bertz CT molecular complexity index is 905. The molecular weight excluding hydrogens is 399 g/mol. The predicted molar refractivity (Wildman–Crippen MR) is 106 cm³/mol. The minimum atomic E-state index is -4.83. The molecule has 1 amide bonds. The monoisotopic (exact) mass is 421 g/mol. The highest BCUT2D eigenvalue weighted by molar-refractivity contribution is 5.87. The van der Waals surface area contributed by atoms with Crippen LogP contribution in [-0.4, -0.2) is 43.5 Å². The first kappa shape index (κ1) is 21.5. The minimum absolute atomic E-state index is 0.146. The van der Waals surface area contributed by atoms with E-state index < -0.39 is 6.36 Å². The van der Waals surface area contributed by atoms with Gasteiger partial charge in [0.15, 0.2) is 0 Å². The average molecular weight is 421 g/mol. The van der Waals surface area contributed by atoms with E-state index in [9.17, 15) is 18.0 Å². The number of ether oxygens (including phenoxy) is 3. The molecule has 3 rings (SSSR count). The van der Waals surface area contributed by atoms with Crippen LogP contribution in [-0.2, 0) is 4.79 Å². The summed E-state index contributed by atoms with van der Waals surface area (Å²) in [5.74, 6) is 0.252. The molecule has 0 aromatic heterocycles. The number of methoxy groups -OCH3 is 1. The van der Waals surface area contributed by atoms with Gasteiger partial charge >= 0.3 is 6.36 Å². The highest BCUT2D eigenvalue weighted by atomic mass is 19.4. The second-order valence-electron chi connectivity index (χ2n) is 6.79. The maximum atomic E-state index is 12.8.